The Hall–Kier alpha value is -1.42. The van der Waals surface area contributed by atoms with Crippen LogP contribution in [-0.2, 0) is 11.3 Å². The van der Waals surface area contributed by atoms with Crippen molar-refractivity contribution in [2.24, 2.45) is 0 Å². The number of ether oxygens (including phenoxy) is 1. The minimum atomic E-state index is 0.344. The monoisotopic (exact) mass is 319 g/mol. The quantitative estimate of drug-likeness (QED) is 0.831. The highest BCUT2D eigenvalue weighted by Gasteiger charge is 2.16. The van der Waals surface area contributed by atoms with E-state index in [9.17, 15) is 0 Å². The van der Waals surface area contributed by atoms with E-state index in [0.29, 0.717) is 12.7 Å². The number of morpholine rings is 1. The molecule has 1 aromatic carbocycles. The Balaban J connectivity index is 0.000000450. The molecule has 0 saturated carbocycles. The number of aliphatic hydroxyl groups excluding tert-OH is 1. The number of benzene rings is 1. The standard InChI is InChI=1S/C12H17NO.C4H10O.C4H6/c1-11-9-13(7-8-14-11)10-12-5-3-2-4-6-12;1-2-3-4-5;1-3-4-2/h2-6,11H,7-10H2,1H3;5H,2-4H2,1H3;3-4H,1-2H2. The molecule has 3 nitrogen and oxygen atoms in total. The summed E-state index contributed by atoms with van der Waals surface area (Å²) in [6, 6.07) is 10.6. The van der Waals surface area contributed by atoms with Gasteiger partial charge in [0.25, 0.3) is 0 Å². The van der Waals surface area contributed by atoms with Crippen LogP contribution < -0.4 is 0 Å². The fourth-order valence-corrected chi connectivity index (χ4v) is 2.03. The maximum atomic E-state index is 8.07. The maximum Gasteiger partial charge on any atom is 0.0674 e. The lowest BCUT2D eigenvalue weighted by Crippen LogP contribution is -2.40. The maximum absolute atomic E-state index is 8.07. The molecule has 1 fully saturated rings. The van der Waals surface area contributed by atoms with Crippen molar-refractivity contribution >= 4 is 0 Å². The van der Waals surface area contributed by atoms with Gasteiger partial charge in [-0.1, -0.05) is 69.0 Å². The highest BCUT2D eigenvalue weighted by Crippen LogP contribution is 2.09. The van der Waals surface area contributed by atoms with Crippen LogP contribution in [0.2, 0.25) is 0 Å². The number of allylic oxidation sites excluding steroid dienone is 2. The lowest BCUT2D eigenvalue weighted by atomic mass is 10.2. The Morgan fingerprint density at radius 3 is 2.35 bits per heavy atom. The molecule has 0 amide bonds. The van der Waals surface area contributed by atoms with E-state index in [1.165, 1.54) is 5.56 Å². The van der Waals surface area contributed by atoms with Gasteiger partial charge in [-0.3, -0.25) is 4.90 Å². The predicted octanol–water partition coefficient (Wildman–Crippen LogP) is 4.04. The smallest absolute Gasteiger partial charge is 0.0674 e. The topological polar surface area (TPSA) is 32.7 Å². The molecule has 130 valence electrons. The van der Waals surface area contributed by atoms with Crippen molar-refractivity contribution < 1.29 is 9.84 Å². The summed E-state index contributed by atoms with van der Waals surface area (Å²) in [5.41, 5.74) is 1.39. The Labute approximate surface area is 142 Å². The van der Waals surface area contributed by atoms with Gasteiger partial charge in [-0.05, 0) is 18.9 Å². The summed E-state index contributed by atoms with van der Waals surface area (Å²) in [5.74, 6) is 0. The van der Waals surface area contributed by atoms with E-state index < -0.39 is 0 Å². The Kier molecular flexibility index (Phi) is 14.5. The number of unbranched alkanes of at least 4 members (excludes halogenated alkanes) is 1. The number of aliphatic hydroxyl groups is 1. The summed E-state index contributed by atoms with van der Waals surface area (Å²) < 4.78 is 5.50. The third-order valence-electron chi connectivity index (χ3n) is 3.25. The molecule has 0 spiro atoms. The molecule has 0 radical (unpaired) electrons. The number of hydrogen-bond acceptors (Lipinski definition) is 3. The van der Waals surface area contributed by atoms with Crippen LogP contribution in [-0.4, -0.2) is 42.4 Å². The molecule has 0 aromatic heterocycles. The fraction of sp³-hybridized carbons (Fsp3) is 0.500. The largest absolute Gasteiger partial charge is 0.396 e. The zero-order chi connectivity index (χ0) is 17.3. The average molecular weight is 319 g/mol. The van der Waals surface area contributed by atoms with Gasteiger partial charge >= 0.3 is 0 Å². The van der Waals surface area contributed by atoms with Crippen LogP contribution in [0.15, 0.2) is 55.6 Å². The van der Waals surface area contributed by atoms with Crippen molar-refractivity contribution in [1.82, 2.24) is 4.90 Å². The lowest BCUT2D eigenvalue weighted by Gasteiger charge is -2.31. The van der Waals surface area contributed by atoms with Crippen LogP contribution in [0.4, 0.5) is 0 Å². The zero-order valence-corrected chi connectivity index (χ0v) is 14.8. The van der Waals surface area contributed by atoms with Gasteiger partial charge in [-0.15, -0.1) is 0 Å². The predicted molar refractivity (Wildman–Crippen MR) is 99.5 cm³/mol. The Morgan fingerprint density at radius 1 is 1.26 bits per heavy atom. The second kappa shape index (κ2) is 15.5. The van der Waals surface area contributed by atoms with Gasteiger partial charge in [0.2, 0.25) is 0 Å². The molecule has 3 heteroatoms. The van der Waals surface area contributed by atoms with Gasteiger partial charge in [0.05, 0.1) is 12.7 Å². The van der Waals surface area contributed by atoms with E-state index in [4.69, 9.17) is 9.84 Å². The SMILES string of the molecule is C=CC=C.CC1CN(Cc2ccccc2)CCO1.CCCCO. The summed E-state index contributed by atoms with van der Waals surface area (Å²) in [6.45, 7) is 15.3. The first-order chi connectivity index (χ1) is 11.2. The second-order valence-corrected chi connectivity index (χ2v) is 5.45. The molecular formula is C20H33NO2. The molecule has 1 heterocycles. The Bertz CT molecular complexity index is 384. The van der Waals surface area contributed by atoms with Crippen LogP contribution in [0, 0.1) is 0 Å². The van der Waals surface area contributed by atoms with E-state index >= 15 is 0 Å². The molecule has 23 heavy (non-hydrogen) atoms. The molecular weight excluding hydrogens is 286 g/mol. The first-order valence-electron chi connectivity index (χ1n) is 8.40. The highest BCUT2D eigenvalue weighted by molar-refractivity contribution is 5.14. The third-order valence-corrected chi connectivity index (χ3v) is 3.25. The van der Waals surface area contributed by atoms with Crippen molar-refractivity contribution in [1.29, 1.82) is 0 Å². The van der Waals surface area contributed by atoms with Crippen molar-refractivity contribution in [2.45, 2.75) is 39.3 Å². The summed E-state index contributed by atoms with van der Waals surface area (Å²) in [6.07, 6.45) is 5.70. The molecule has 2 rings (SSSR count). The molecule has 0 aliphatic carbocycles. The van der Waals surface area contributed by atoms with Crippen LogP contribution >= 0.6 is 0 Å². The molecule has 1 atom stereocenters. The van der Waals surface area contributed by atoms with Crippen LogP contribution in [0.25, 0.3) is 0 Å². The number of hydrogen-bond donors (Lipinski definition) is 1. The second-order valence-electron chi connectivity index (χ2n) is 5.45. The minimum Gasteiger partial charge on any atom is -0.396 e. The van der Waals surface area contributed by atoms with Crippen LogP contribution in [0.1, 0.15) is 32.3 Å². The molecule has 1 N–H and O–H groups in total. The van der Waals surface area contributed by atoms with Crippen LogP contribution in [0.3, 0.4) is 0 Å². The first kappa shape index (κ1) is 21.6. The molecule has 1 unspecified atom stereocenters. The minimum absolute atomic E-state index is 0.344. The van der Waals surface area contributed by atoms with Gasteiger partial charge in [-0.2, -0.15) is 0 Å². The molecule has 1 aromatic rings. The molecule has 1 aliphatic heterocycles. The van der Waals surface area contributed by atoms with Crippen molar-refractivity contribution in [3.8, 4) is 0 Å². The van der Waals surface area contributed by atoms with Gasteiger partial charge in [-0.25, -0.2) is 0 Å². The summed E-state index contributed by atoms with van der Waals surface area (Å²) >= 11 is 0. The summed E-state index contributed by atoms with van der Waals surface area (Å²) in [5, 5.41) is 8.07. The summed E-state index contributed by atoms with van der Waals surface area (Å²) in [7, 11) is 0. The average Bonchev–Trinajstić information content (AvgIpc) is 2.57. The van der Waals surface area contributed by atoms with Gasteiger partial charge in [0.15, 0.2) is 0 Å². The van der Waals surface area contributed by atoms with E-state index in [2.05, 4.69) is 62.2 Å². The lowest BCUT2D eigenvalue weighted by molar-refractivity contribution is -0.0212. The number of rotatable bonds is 5. The van der Waals surface area contributed by atoms with Gasteiger partial charge in [0, 0.05) is 26.2 Å². The summed E-state index contributed by atoms with van der Waals surface area (Å²) in [4.78, 5) is 2.45. The molecule has 0 bridgehead atoms. The van der Waals surface area contributed by atoms with E-state index in [1.807, 2.05) is 0 Å². The Morgan fingerprint density at radius 2 is 1.91 bits per heavy atom. The van der Waals surface area contributed by atoms with Crippen LogP contribution in [0.5, 0.6) is 0 Å². The van der Waals surface area contributed by atoms with E-state index in [1.54, 1.807) is 12.2 Å². The van der Waals surface area contributed by atoms with E-state index in [-0.39, 0.29) is 0 Å². The first-order valence-corrected chi connectivity index (χ1v) is 8.40. The van der Waals surface area contributed by atoms with Crippen molar-refractivity contribution in [3.05, 3.63) is 61.2 Å². The normalized spacial score (nSPS) is 17.1. The van der Waals surface area contributed by atoms with E-state index in [0.717, 1.165) is 39.1 Å². The number of nitrogens with zero attached hydrogens (tertiary/aromatic N) is 1. The molecule has 1 aliphatic rings. The van der Waals surface area contributed by atoms with Gasteiger partial charge in [0.1, 0.15) is 0 Å². The van der Waals surface area contributed by atoms with Crippen molar-refractivity contribution in [2.75, 3.05) is 26.3 Å². The third kappa shape index (κ3) is 12.8. The zero-order valence-electron chi connectivity index (χ0n) is 14.8. The highest BCUT2D eigenvalue weighted by atomic mass is 16.5. The van der Waals surface area contributed by atoms with Gasteiger partial charge < -0.3 is 9.84 Å². The molecule has 1 saturated heterocycles. The van der Waals surface area contributed by atoms with Crippen molar-refractivity contribution in [3.63, 3.8) is 0 Å². The fourth-order valence-electron chi connectivity index (χ4n) is 2.03.